The Bertz CT molecular complexity index is 996. The number of aromatic amines is 1. The fourth-order valence-corrected chi connectivity index (χ4v) is 2.46. The summed E-state index contributed by atoms with van der Waals surface area (Å²) in [5.74, 6) is -0.0945. The fraction of sp³-hybridized carbons (Fsp3) is 0.222. The Labute approximate surface area is 149 Å². The summed E-state index contributed by atoms with van der Waals surface area (Å²) < 4.78 is 10.5. The Balaban J connectivity index is 2.72. The van der Waals surface area contributed by atoms with E-state index in [2.05, 4.69) is 4.98 Å². The number of aromatic nitrogens is 1. The molecule has 0 saturated carbocycles. The van der Waals surface area contributed by atoms with Crippen LogP contribution in [-0.4, -0.2) is 17.6 Å². The third-order valence-corrected chi connectivity index (χ3v) is 3.55. The maximum Gasteiger partial charge on any atom is 0.302 e. The number of nitrogens with zero attached hydrogens (tertiary/aromatic N) is 2. The number of hydrogen-bond donors (Lipinski definition) is 2. The molecule has 8 nitrogen and oxygen atoms in total. The SMILES string of the molecule is CCOc1ccc(-c2c(C#N)c(N)[nH]c(=O)c2C#N)cc1COC(C)=O. The van der Waals surface area contributed by atoms with Crippen molar-refractivity contribution in [3.63, 3.8) is 0 Å². The number of pyridine rings is 1. The van der Waals surface area contributed by atoms with Crippen LogP contribution in [0.25, 0.3) is 11.1 Å². The summed E-state index contributed by atoms with van der Waals surface area (Å²) in [4.78, 5) is 25.5. The second-order valence-electron chi connectivity index (χ2n) is 5.25. The number of benzene rings is 1. The molecule has 0 radical (unpaired) electrons. The Morgan fingerprint density at radius 1 is 1.27 bits per heavy atom. The van der Waals surface area contributed by atoms with Gasteiger partial charge in [-0.2, -0.15) is 10.5 Å². The maximum absolute atomic E-state index is 12.0. The summed E-state index contributed by atoms with van der Waals surface area (Å²) in [5, 5.41) is 18.7. The van der Waals surface area contributed by atoms with Crippen molar-refractivity contribution in [2.45, 2.75) is 20.5 Å². The van der Waals surface area contributed by atoms with Crippen LogP contribution in [-0.2, 0) is 16.1 Å². The van der Waals surface area contributed by atoms with E-state index < -0.39 is 11.5 Å². The van der Waals surface area contributed by atoms with Gasteiger partial charge < -0.3 is 20.2 Å². The summed E-state index contributed by atoms with van der Waals surface area (Å²) in [7, 11) is 0. The molecule has 26 heavy (non-hydrogen) atoms. The van der Waals surface area contributed by atoms with E-state index in [1.54, 1.807) is 24.3 Å². The van der Waals surface area contributed by atoms with E-state index in [1.165, 1.54) is 6.92 Å². The molecule has 0 spiro atoms. The van der Waals surface area contributed by atoms with Gasteiger partial charge in [0.2, 0.25) is 0 Å². The second-order valence-corrected chi connectivity index (χ2v) is 5.25. The highest BCUT2D eigenvalue weighted by atomic mass is 16.5. The first-order chi connectivity index (χ1) is 12.4. The van der Waals surface area contributed by atoms with Crippen LogP contribution in [0.15, 0.2) is 23.0 Å². The number of nitriles is 2. The Kier molecular flexibility index (Phi) is 5.61. The van der Waals surface area contributed by atoms with Crippen molar-refractivity contribution in [3.8, 4) is 29.0 Å². The molecule has 8 heteroatoms. The number of esters is 1. The Morgan fingerprint density at radius 3 is 2.54 bits per heavy atom. The van der Waals surface area contributed by atoms with Gasteiger partial charge in [0, 0.05) is 18.1 Å². The predicted molar refractivity (Wildman–Crippen MR) is 93.0 cm³/mol. The number of nitrogens with one attached hydrogen (secondary N) is 1. The van der Waals surface area contributed by atoms with Crippen molar-refractivity contribution in [2.75, 3.05) is 12.3 Å². The van der Waals surface area contributed by atoms with Gasteiger partial charge in [-0.25, -0.2) is 0 Å². The summed E-state index contributed by atoms with van der Waals surface area (Å²) in [6, 6.07) is 8.55. The lowest BCUT2D eigenvalue weighted by atomic mass is 9.95. The van der Waals surface area contributed by atoms with Gasteiger partial charge in [0.05, 0.1) is 6.61 Å². The third kappa shape index (κ3) is 3.65. The molecular weight excluding hydrogens is 336 g/mol. The van der Waals surface area contributed by atoms with Gasteiger partial charge in [0.25, 0.3) is 5.56 Å². The second kappa shape index (κ2) is 7.86. The third-order valence-electron chi connectivity index (χ3n) is 3.55. The molecule has 0 atom stereocenters. The van der Waals surface area contributed by atoms with Gasteiger partial charge in [-0.05, 0) is 24.6 Å². The Morgan fingerprint density at radius 2 is 1.96 bits per heavy atom. The number of nitrogens with two attached hydrogens (primary N) is 1. The van der Waals surface area contributed by atoms with Crippen LogP contribution >= 0.6 is 0 Å². The highest BCUT2D eigenvalue weighted by molar-refractivity contribution is 5.80. The monoisotopic (exact) mass is 352 g/mol. The average molecular weight is 352 g/mol. The summed E-state index contributed by atoms with van der Waals surface area (Å²) >= 11 is 0. The average Bonchev–Trinajstić information content (AvgIpc) is 2.60. The lowest BCUT2D eigenvalue weighted by Crippen LogP contribution is -2.16. The zero-order chi connectivity index (χ0) is 19.3. The van der Waals surface area contributed by atoms with Crippen molar-refractivity contribution in [1.29, 1.82) is 10.5 Å². The first-order valence-corrected chi connectivity index (χ1v) is 7.68. The number of ether oxygens (including phenoxy) is 2. The van der Waals surface area contributed by atoms with Crippen LogP contribution in [0, 0.1) is 22.7 Å². The first-order valence-electron chi connectivity index (χ1n) is 7.68. The van der Waals surface area contributed by atoms with E-state index in [0.717, 1.165) is 0 Å². The van der Waals surface area contributed by atoms with E-state index in [9.17, 15) is 20.1 Å². The predicted octanol–water partition coefficient (Wildman–Crippen LogP) is 1.83. The van der Waals surface area contributed by atoms with Crippen molar-refractivity contribution < 1.29 is 14.3 Å². The van der Waals surface area contributed by atoms with E-state index in [-0.39, 0.29) is 29.1 Å². The van der Waals surface area contributed by atoms with E-state index in [0.29, 0.717) is 23.5 Å². The molecule has 132 valence electrons. The quantitative estimate of drug-likeness (QED) is 0.781. The number of carbonyl (C=O) groups is 1. The number of nitrogen functional groups attached to an aromatic ring is 1. The van der Waals surface area contributed by atoms with Crippen molar-refractivity contribution >= 4 is 11.8 Å². The number of anilines is 1. The van der Waals surface area contributed by atoms with Crippen LogP contribution in [0.3, 0.4) is 0 Å². The minimum atomic E-state index is -0.686. The molecule has 2 rings (SSSR count). The molecule has 0 amide bonds. The topological polar surface area (TPSA) is 142 Å². The van der Waals surface area contributed by atoms with Crippen LogP contribution < -0.4 is 16.0 Å². The molecule has 2 aromatic rings. The van der Waals surface area contributed by atoms with Crippen LogP contribution in [0.4, 0.5) is 5.82 Å². The van der Waals surface area contributed by atoms with Gasteiger partial charge >= 0.3 is 5.97 Å². The van der Waals surface area contributed by atoms with Crippen molar-refractivity contribution in [3.05, 3.63) is 45.2 Å². The molecule has 1 aromatic carbocycles. The first kappa shape index (κ1) is 18.6. The number of carbonyl (C=O) groups excluding carboxylic acids is 1. The lowest BCUT2D eigenvalue weighted by Gasteiger charge is -2.14. The maximum atomic E-state index is 12.0. The van der Waals surface area contributed by atoms with E-state index in [1.807, 2.05) is 13.0 Å². The van der Waals surface area contributed by atoms with Gasteiger partial charge in [0.1, 0.15) is 41.4 Å². The molecular formula is C18H16N4O4. The minimum absolute atomic E-state index is 0.0104. The number of hydrogen-bond acceptors (Lipinski definition) is 7. The Hall–Kier alpha value is -3.78. The van der Waals surface area contributed by atoms with Crippen LogP contribution in [0.5, 0.6) is 5.75 Å². The van der Waals surface area contributed by atoms with Crippen LogP contribution in [0.2, 0.25) is 0 Å². The van der Waals surface area contributed by atoms with Gasteiger partial charge in [-0.15, -0.1) is 0 Å². The molecule has 1 aromatic heterocycles. The van der Waals surface area contributed by atoms with Gasteiger partial charge in [-0.3, -0.25) is 9.59 Å². The number of rotatable bonds is 5. The summed E-state index contributed by atoms with van der Waals surface area (Å²) in [5.41, 5.74) is 5.89. The lowest BCUT2D eigenvalue weighted by molar-refractivity contribution is -0.142. The molecule has 0 aliphatic rings. The van der Waals surface area contributed by atoms with Gasteiger partial charge in [-0.1, -0.05) is 6.07 Å². The molecule has 0 saturated heterocycles. The van der Waals surface area contributed by atoms with E-state index in [4.69, 9.17) is 15.2 Å². The standard InChI is InChI=1S/C18H16N4O4/c1-3-25-15-5-4-11(6-12(15)9-26-10(2)23)16-13(7-19)17(21)22-18(24)14(16)8-20/h4-6H,3,9H2,1-2H3,(H3,21,22,24). The zero-order valence-corrected chi connectivity index (χ0v) is 14.3. The highest BCUT2D eigenvalue weighted by Gasteiger charge is 2.19. The number of H-pyrrole nitrogens is 1. The molecule has 0 fully saturated rings. The molecule has 3 N–H and O–H groups in total. The normalized spacial score (nSPS) is 9.85. The highest BCUT2D eigenvalue weighted by Crippen LogP contribution is 2.32. The smallest absolute Gasteiger partial charge is 0.302 e. The molecule has 0 bridgehead atoms. The summed E-state index contributed by atoms with van der Waals surface area (Å²) in [6.45, 7) is 3.43. The molecule has 1 heterocycles. The largest absolute Gasteiger partial charge is 0.493 e. The van der Waals surface area contributed by atoms with Gasteiger partial charge in [0.15, 0.2) is 0 Å². The fourth-order valence-electron chi connectivity index (χ4n) is 2.46. The molecule has 0 aliphatic heterocycles. The summed E-state index contributed by atoms with van der Waals surface area (Å²) in [6.07, 6.45) is 0. The minimum Gasteiger partial charge on any atom is -0.493 e. The molecule has 0 unspecified atom stereocenters. The molecule has 0 aliphatic carbocycles. The van der Waals surface area contributed by atoms with Crippen LogP contribution in [0.1, 0.15) is 30.5 Å². The zero-order valence-electron chi connectivity index (χ0n) is 14.3. The van der Waals surface area contributed by atoms with E-state index >= 15 is 0 Å². The van der Waals surface area contributed by atoms with Crippen molar-refractivity contribution in [1.82, 2.24) is 4.98 Å². The van der Waals surface area contributed by atoms with Crippen molar-refractivity contribution in [2.24, 2.45) is 0 Å².